The summed E-state index contributed by atoms with van der Waals surface area (Å²) in [6, 6.07) is 1.80. The van der Waals surface area contributed by atoms with E-state index in [1.54, 1.807) is 0 Å². The predicted octanol–water partition coefficient (Wildman–Crippen LogP) is 1.88. The van der Waals surface area contributed by atoms with Gasteiger partial charge in [0, 0.05) is 6.04 Å². The number of hydrogen-bond donors (Lipinski definition) is 0. The van der Waals surface area contributed by atoms with E-state index in [1.165, 1.54) is 24.9 Å². The zero-order chi connectivity index (χ0) is 12.3. The molecule has 2 rings (SSSR count). The smallest absolute Gasteiger partial charge is 0.291 e. The highest BCUT2D eigenvalue weighted by Gasteiger charge is 2.21. The van der Waals surface area contributed by atoms with E-state index in [0.717, 1.165) is 13.0 Å². The second-order valence-electron chi connectivity index (χ2n) is 4.22. The van der Waals surface area contributed by atoms with Crippen LogP contribution < -0.4 is 4.74 Å². The van der Waals surface area contributed by atoms with E-state index in [-0.39, 0.29) is 18.1 Å². The van der Waals surface area contributed by atoms with Crippen LogP contribution in [0.25, 0.3) is 0 Å². The molecule has 1 aromatic rings. The summed E-state index contributed by atoms with van der Waals surface area (Å²) in [5.41, 5.74) is -0.0396. The van der Waals surface area contributed by atoms with Gasteiger partial charge in [0.25, 0.3) is 5.69 Å². The molecule has 1 aliphatic heterocycles. The van der Waals surface area contributed by atoms with E-state index < -0.39 is 4.92 Å². The van der Waals surface area contributed by atoms with Crippen molar-refractivity contribution in [3.63, 3.8) is 0 Å². The van der Waals surface area contributed by atoms with Crippen LogP contribution in [0.1, 0.15) is 12.8 Å². The first-order valence-corrected chi connectivity index (χ1v) is 5.59. The molecule has 0 unspecified atom stereocenters. The van der Waals surface area contributed by atoms with Crippen LogP contribution in [0, 0.1) is 10.1 Å². The summed E-state index contributed by atoms with van der Waals surface area (Å²) in [7, 11) is 2.06. The monoisotopic (exact) mass is 273 g/mol. The van der Waals surface area contributed by atoms with Crippen LogP contribution in [-0.4, -0.2) is 41.0 Å². The maximum absolute atomic E-state index is 10.6. The van der Waals surface area contributed by atoms with Crippen molar-refractivity contribution in [1.29, 1.82) is 0 Å². The number of nitrogens with zero attached hydrogens (tertiary/aromatic N) is 3. The molecule has 0 radical (unpaired) electrons. The van der Waals surface area contributed by atoms with Crippen molar-refractivity contribution in [2.24, 2.45) is 0 Å². The molecule has 100 valence electrons. The van der Waals surface area contributed by atoms with Gasteiger partial charge in [0.15, 0.2) is 0 Å². The van der Waals surface area contributed by atoms with Crippen molar-refractivity contribution in [2.45, 2.75) is 18.9 Å². The summed E-state index contributed by atoms with van der Waals surface area (Å²) in [6.07, 6.45) is 5.01. The molecule has 1 fully saturated rings. The third-order valence-electron chi connectivity index (χ3n) is 3.02. The van der Waals surface area contributed by atoms with Crippen LogP contribution in [0.5, 0.6) is 5.75 Å². The molecule has 0 amide bonds. The highest BCUT2D eigenvalue weighted by molar-refractivity contribution is 5.85. The van der Waals surface area contributed by atoms with Crippen molar-refractivity contribution in [2.75, 3.05) is 20.2 Å². The van der Waals surface area contributed by atoms with Crippen molar-refractivity contribution >= 4 is 18.1 Å². The molecule has 0 bridgehead atoms. The van der Waals surface area contributed by atoms with Crippen molar-refractivity contribution in [3.8, 4) is 5.75 Å². The first-order chi connectivity index (χ1) is 8.16. The fraction of sp³-hybridized carbons (Fsp3) is 0.545. The molecule has 6 nitrogen and oxygen atoms in total. The molecule has 1 aromatic heterocycles. The summed E-state index contributed by atoms with van der Waals surface area (Å²) in [4.78, 5) is 16.1. The topological polar surface area (TPSA) is 68.5 Å². The number of halogens is 1. The SMILES string of the molecule is CN1CCC[C@H]1COc1cncc([N+](=O)[O-])c1.Cl. The first kappa shape index (κ1) is 14.7. The summed E-state index contributed by atoms with van der Waals surface area (Å²) >= 11 is 0. The van der Waals surface area contributed by atoms with Gasteiger partial charge in [-0.15, -0.1) is 12.4 Å². The van der Waals surface area contributed by atoms with Gasteiger partial charge in [-0.1, -0.05) is 0 Å². The Labute approximate surface area is 112 Å². The largest absolute Gasteiger partial charge is 0.490 e. The number of nitro groups is 1. The predicted molar refractivity (Wildman–Crippen MR) is 69.3 cm³/mol. The number of ether oxygens (including phenoxy) is 1. The molecule has 18 heavy (non-hydrogen) atoms. The van der Waals surface area contributed by atoms with Gasteiger partial charge >= 0.3 is 0 Å². The molecular formula is C11H16ClN3O3. The second-order valence-corrected chi connectivity index (χ2v) is 4.22. The lowest BCUT2D eigenvalue weighted by molar-refractivity contribution is -0.385. The van der Waals surface area contributed by atoms with Crippen LogP contribution in [0.4, 0.5) is 5.69 Å². The van der Waals surface area contributed by atoms with Crippen LogP contribution in [-0.2, 0) is 0 Å². The second kappa shape index (κ2) is 6.51. The van der Waals surface area contributed by atoms with E-state index in [9.17, 15) is 10.1 Å². The average molecular weight is 274 g/mol. The van der Waals surface area contributed by atoms with E-state index in [4.69, 9.17) is 4.74 Å². The Morgan fingerprint density at radius 2 is 2.39 bits per heavy atom. The lowest BCUT2D eigenvalue weighted by Gasteiger charge is -2.19. The molecular weight excluding hydrogens is 258 g/mol. The average Bonchev–Trinajstić information content (AvgIpc) is 2.72. The van der Waals surface area contributed by atoms with E-state index in [1.807, 2.05) is 0 Å². The summed E-state index contributed by atoms with van der Waals surface area (Å²) < 4.78 is 5.54. The van der Waals surface area contributed by atoms with Crippen molar-refractivity contribution < 1.29 is 9.66 Å². The fourth-order valence-corrected chi connectivity index (χ4v) is 1.97. The lowest BCUT2D eigenvalue weighted by Crippen LogP contribution is -2.30. The highest BCUT2D eigenvalue weighted by Crippen LogP contribution is 2.20. The van der Waals surface area contributed by atoms with Gasteiger partial charge in [-0.2, -0.15) is 0 Å². The number of likely N-dealkylation sites (N-methyl/N-ethyl adjacent to an activating group) is 1. The Balaban J connectivity index is 0.00000162. The Morgan fingerprint density at radius 3 is 3.00 bits per heavy atom. The van der Waals surface area contributed by atoms with Gasteiger partial charge in [0.2, 0.25) is 0 Å². The fourth-order valence-electron chi connectivity index (χ4n) is 1.97. The quantitative estimate of drug-likeness (QED) is 0.619. The Kier molecular flexibility index (Phi) is 5.30. The maximum atomic E-state index is 10.6. The zero-order valence-electron chi connectivity index (χ0n) is 10.1. The van der Waals surface area contributed by atoms with Gasteiger partial charge < -0.3 is 9.64 Å². The molecule has 1 saturated heterocycles. The maximum Gasteiger partial charge on any atom is 0.291 e. The summed E-state index contributed by atoms with van der Waals surface area (Å²) in [6.45, 7) is 1.64. The molecule has 0 aromatic carbocycles. The normalized spacial score (nSPS) is 19.3. The van der Waals surface area contributed by atoms with Gasteiger partial charge in [0.1, 0.15) is 18.6 Å². The van der Waals surface area contributed by atoms with Crippen LogP contribution >= 0.6 is 12.4 Å². The molecule has 1 atom stereocenters. The minimum Gasteiger partial charge on any atom is -0.490 e. The lowest BCUT2D eigenvalue weighted by atomic mass is 10.2. The molecule has 7 heteroatoms. The summed E-state index contributed by atoms with van der Waals surface area (Å²) in [5.74, 6) is 0.458. The third-order valence-corrected chi connectivity index (χ3v) is 3.02. The third kappa shape index (κ3) is 3.54. The van der Waals surface area contributed by atoms with E-state index >= 15 is 0 Å². The molecule has 1 aliphatic rings. The molecule has 0 saturated carbocycles. The molecule has 2 heterocycles. The number of rotatable bonds is 4. The Morgan fingerprint density at radius 1 is 1.61 bits per heavy atom. The van der Waals surface area contributed by atoms with E-state index in [0.29, 0.717) is 18.4 Å². The van der Waals surface area contributed by atoms with Crippen LogP contribution in [0.15, 0.2) is 18.5 Å². The van der Waals surface area contributed by atoms with Gasteiger partial charge in [-0.05, 0) is 26.4 Å². The Bertz CT molecular complexity index is 416. The van der Waals surface area contributed by atoms with Crippen molar-refractivity contribution in [3.05, 3.63) is 28.6 Å². The number of hydrogen-bond acceptors (Lipinski definition) is 5. The number of likely N-dealkylation sites (tertiary alicyclic amines) is 1. The molecule has 0 N–H and O–H groups in total. The minimum absolute atomic E-state index is 0. The van der Waals surface area contributed by atoms with Crippen molar-refractivity contribution in [1.82, 2.24) is 9.88 Å². The highest BCUT2D eigenvalue weighted by atomic mass is 35.5. The van der Waals surface area contributed by atoms with Gasteiger partial charge in [0.05, 0.1) is 17.2 Å². The van der Waals surface area contributed by atoms with Crippen LogP contribution in [0.3, 0.4) is 0 Å². The van der Waals surface area contributed by atoms with Gasteiger partial charge in [-0.3, -0.25) is 15.1 Å². The standard InChI is InChI=1S/C11H15N3O3.ClH/c1-13-4-2-3-9(13)8-17-11-5-10(14(15)16)6-12-7-11;/h5-7,9H,2-4,8H2,1H3;1H/t9-;/m0./s1. The van der Waals surface area contributed by atoms with Gasteiger partial charge in [-0.25, -0.2) is 0 Å². The van der Waals surface area contributed by atoms with Crippen LogP contribution in [0.2, 0.25) is 0 Å². The number of aromatic nitrogens is 1. The molecule has 0 spiro atoms. The van der Waals surface area contributed by atoms with E-state index in [2.05, 4.69) is 16.9 Å². The first-order valence-electron chi connectivity index (χ1n) is 5.59. The minimum atomic E-state index is -0.471. The number of pyridine rings is 1. The summed E-state index contributed by atoms with van der Waals surface area (Å²) in [5, 5.41) is 10.6. The Hall–Kier alpha value is -1.40. The molecule has 0 aliphatic carbocycles. The zero-order valence-corrected chi connectivity index (χ0v) is 10.9.